The summed E-state index contributed by atoms with van der Waals surface area (Å²) in [4.78, 5) is 0. The lowest BCUT2D eigenvalue weighted by molar-refractivity contribution is 0.707. The lowest BCUT2D eigenvalue weighted by Gasteiger charge is -2.44. The Balaban J connectivity index is 0.000000263. The van der Waals surface area contributed by atoms with Crippen molar-refractivity contribution in [3.8, 4) is 0 Å². The van der Waals surface area contributed by atoms with E-state index in [1.807, 2.05) is 0 Å². The van der Waals surface area contributed by atoms with E-state index in [9.17, 15) is 0 Å². The molecule has 0 N–H and O–H groups in total. The van der Waals surface area contributed by atoms with Gasteiger partial charge in [-0.2, -0.15) is 21.9 Å². The molecule has 0 bridgehead atoms. The van der Waals surface area contributed by atoms with Crippen molar-refractivity contribution in [3.63, 3.8) is 0 Å². The molecule has 0 aliphatic heterocycles. The standard InChI is InChI=1S/C24H20B.C12H25P/c1-5-13-21(14-6-1)25(22-15-7-2-8-16-22,23-17-9-3-10-18-23)24-19-11-4-12-20-24;1-8-9-10-13(11(2,3)4)12(5,6)7/h1-20H;8-9H,10H2,1-7H3/q-1;/p+1. The molecule has 0 aliphatic carbocycles. The van der Waals surface area contributed by atoms with E-state index in [2.05, 4.69) is 182 Å². The first-order valence-corrected chi connectivity index (χ1v) is 15.7. The van der Waals surface area contributed by atoms with Gasteiger partial charge in [0, 0.05) is 7.92 Å². The van der Waals surface area contributed by atoms with Gasteiger partial charge in [-0.1, -0.05) is 133 Å². The highest BCUT2D eigenvalue weighted by atomic mass is 31.1. The first kappa shape index (κ1) is 29.7. The molecule has 38 heavy (non-hydrogen) atoms. The maximum Gasteiger partial charge on any atom is 0.108 e. The fourth-order valence-electron chi connectivity index (χ4n) is 6.09. The van der Waals surface area contributed by atoms with Crippen molar-refractivity contribution < 1.29 is 0 Å². The third-order valence-electron chi connectivity index (χ3n) is 7.57. The maximum absolute atomic E-state index is 2.38. The van der Waals surface area contributed by atoms with Crippen molar-refractivity contribution in [2.45, 2.75) is 58.8 Å². The Morgan fingerprint density at radius 1 is 0.500 bits per heavy atom. The van der Waals surface area contributed by atoms with E-state index < -0.39 is 6.15 Å². The molecule has 0 saturated carbocycles. The third-order valence-corrected chi connectivity index (χ3v) is 11.8. The van der Waals surface area contributed by atoms with Crippen LogP contribution in [0.5, 0.6) is 0 Å². The number of benzene rings is 4. The van der Waals surface area contributed by atoms with E-state index >= 15 is 0 Å². The Kier molecular flexibility index (Phi) is 10.4. The van der Waals surface area contributed by atoms with E-state index in [0.29, 0.717) is 10.3 Å². The summed E-state index contributed by atoms with van der Waals surface area (Å²) in [6.45, 7) is 16.4. The summed E-state index contributed by atoms with van der Waals surface area (Å²) in [5.74, 6) is 0. The molecule has 0 aliphatic rings. The van der Waals surface area contributed by atoms with Crippen LogP contribution in [0.4, 0.5) is 0 Å². The molecule has 0 atom stereocenters. The molecule has 2 heteroatoms. The highest BCUT2D eigenvalue weighted by molar-refractivity contribution is 7.61. The van der Waals surface area contributed by atoms with Crippen LogP contribution in [0.25, 0.3) is 0 Å². The van der Waals surface area contributed by atoms with Gasteiger partial charge in [0.05, 0.1) is 16.5 Å². The molecule has 0 unspecified atom stereocenters. The SMILES string of the molecule is CC=CC[PH+](C(C)(C)C)C(C)(C)C.c1ccc([B-](c2ccccc2)(c2ccccc2)c2ccccc2)cc1. The van der Waals surface area contributed by atoms with Crippen molar-refractivity contribution in [1.29, 1.82) is 0 Å². The fourth-order valence-corrected chi connectivity index (χ4v) is 10.0. The molecule has 0 aromatic heterocycles. The lowest BCUT2D eigenvalue weighted by atomic mass is 9.13. The van der Waals surface area contributed by atoms with E-state index in [-0.39, 0.29) is 7.92 Å². The molecule has 0 radical (unpaired) electrons. The Bertz CT molecular complexity index is 1060. The molecule has 4 rings (SSSR count). The second-order valence-corrected chi connectivity index (χ2v) is 16.6. The van der Waals surface area contributed by atoms with Crippen LogP contribution in [-0.4, -0.2) is 22.6 Å². The molecule has 0 fully saturated rings. The maximum atomic E-state index is 2.38. The van der Waals surface area contributed by atoms with Gasteiger partial charge in [0.2, 0.25) is 0 Å². The van der Waals surface area contributed by atoms with E-state index in [1.54, 1.807) is 0 Å². The zero-order valence-corrected chi connectivity index (χ0v) is 25.5. The van der Waals surface area contributed by atoms with Crippen LogP contribution < -0.4 is 21.9 Å². The number of allylic oxidation sites excluding steroid dienone is 2. The van der Waals surface area contributed by atoms with Crippen LogP contribution >= 0.6 is 7.92 Å². The quantitative estimate of drug-likeness (QED) is 0.141. The number of rotatable bonds is 6. The largest absolute Gasteiger partial charge is 0.195 e. The second-order valence-electron chi connectivity index (χ2n) is 12.3. The van der Waals surface area contributed by atoms with Gasteiger partial charge in [-0.05, 0) is 48.5 Å². The molecule has 0 spiro atoms. The van der Waals surface area contributed by atoms with Crippen molar-refractivity contribution >= 4 is 35.9 Å². The highest BCUT2D eigenvalue weighted by Crippen LogP contribution is 2.59. The van der Waals surface area contributed by atoms with Gasteiger partial charge >= 0.3 is 0 Å². The van der Waals surface area contributed by atoms with Gasteiger partial charge in [0.15, 0.2) is 0 Å². The van der Waals surface area contributed by atoms with Crippen LogP contribution in [0.15, 0.2) is 133 Å². The third kappa shape index (κ3) is 7.15. The van der Waals surface area contributed by atoms with E-state index in [0.717, 1.165) is 0 Å². The average molecular weight is 521 g/mol. The Morgan fingerprint density at radius 2 is 0.763 bits per heavy atom. The molecule has 0 nitrogen and oxygen atoms in total. The predicted molar refractivity (Wildman–Crippen MR) is 178 cm³/mol. The van der Waals surface area contributed by atoms with Crippen LogP contribution in [0.1, 0.15) is 48.5 Å². The minimum Gasteiger partial charge on any atom is -0.195 e. The topological polar surface area (TPSA) is 0 Å². The summed E-state index contributed by atoms with van der Waals surface area (Å²) < 4.78 is 0. The molecule has 4 aromatic carbocycles. The van der Waals surface area contributed by atoms with E-state index in [1.165, 1.54) is 28.0 Å². The first-order valence-electron chi connectivity index (χ1n) is 14.0. The summed E-state index contributed by atoms with van der Waals surface area (Å²) in [6, 6.07) is 43.5. The van der Waals surface area contributed by atoms with Gasteiger partial charge < -0.3 is 0 Å². The van der Waals surface area contributed by atoms with Gasteiger partial charge in [0.25, 0.3) is 0 Å². The number of hydrogen-bond donors (Lipinski definition) is 0. The van der Waals surface area contributed by atoms with Crippen molar-refractivity contribution in [2.24, 2.45) is 0 Å². The van der Waals surface area contributed by atoms with Crippen LogP contribution in [0.2, 0.25) is 0 Å². The van der Waals surface area contributed by atoms with Crippen molar-refractivity contribution in [2.75, 3.05) is 6.16 Å². The average Bonchev–Trinajstić information content (AvgIpc) is 2.91. The van der Waals surface area contributed by atoms with Crippen LogP contribution in [0.3, 0.4) is 0 Å². The van der Waals surface area contributed by atoms with Crippen LogP contribution in [-0.2, 0) is 0 Å². The van der Waals surface area contributed by atoms with Crippen LogP contribution in [0, 0.1) is 0 Å². The van der Waals surface area contributed by atoms with Gasteiger partial charge in [-0.3, -0.25) is 0 Å². The summed E-state index contributed by atoms with van der Waals surface area (Å²) in [5, 5.41) is 1.00. The summed E-state index contributed by atoms with van der Waals surface area (Å²) in [5.41, 5.74) is 5.36. The Hall–Kier alpha value is -2.89. The smallest absolute Gasteiger partial charge is 0.108 e. The first-order chi connectivity index (χ1) is 18.1. The van der Waals surface area contributed by atoms with Crippen molar-refractivity contribution in [3.05, 3.63) is 133 Å². The molecule has 4 aromatic rings. The minimum atomic E-state index is -1.22. The Labute approximate surface area is 233 Å². The molecule has 0 saturated heterocycles. The monoisotopic (exact) mass is 520 g/mol. The second kappa shape index (κ2) is 13.3. The lowest BCUT2D eigenvalue weighted by Crippen LogP contribution is -2.74. The van der Waals surface area contributed by atoms with Gasteiger partial charge in [-0.15, -0.1) is 0 Å². The molecule has 198 valence electrons. The van der Waals surface area contributed by atoms with Gasteiger partial charge in [-0.25, -0.2) is 0 Å². The normalized spacial score (nSPS) is 12.3. The molecular formula is C36H46BP. The number of hydrogen-bond acceptors (Lipinski definition) is 0. The Morgan fingerprint density at radius 3 is 0.974 bits per heavy atom. The molecule has 0 heterocycles. The van der Waals surface area contributed by atoms with Gasteiger partial charge in [0.1, 0.15) is 6.15 Å². The summed E-state index contributed by atoms with van der Waals surface area (Å²) in [6.07, 6.45) is 4.60. The summed E-state index contributed by atoms with van der Waals surface area (Å²) >= 11 is 0. The summed E-state index contributed by atoms with van der Waals surface area (Å²) in [7, 11) is -0.325. The highest BCUT2D eigenvalue weighted by Gasteiger charge is 2.40. The fraction of sp³-hybridized carbons (Fsp3) is 0.278. The minimum absolute atomic E-state index is 0.325. The molecule has 0 amide bonds. The molecular weight excluding hydrogens is 474 g/mol. The predicted octanol–water partition coefficient (Wildman–Crippen LogP) is 7.44. The van der Waals surface area contributed by atoms with E-state index in [4.69, 9.17) is 0 Å². The zero-order valence-electron chi connectivity index (χ0n) is 24.5. The zero-order chi connectivity index (χ0) is 27.7. The van der Waals surface area contributed by atoms with Crippen molar-refractivity contribution in [1.82, 2.24) is 0 Å².